The Bertz CT molecular complexity index is 547. The molecular weight excluding hydrogens is 256 g/mol. The summed E-state index contributed by atoms with van der Waals surface area (Å²) in [5, 5.41) is 9.18. The van der Waals surface area contributed by atoms with Gasteiger partial charge in [0.1, 0.15) is 0 Å². The molecule has 0 aliphatic carbocycles. The number of carboxylic acids is 1. The monoisotopic (exact) mass is 280 g/mol. The molecule has 0 saturated heterocycles. The Morgan fingerprint density at radius 2 is 1.90 bits per heavy atom. The van der Waals surface area contributed by atoms with Gasteiger partial charge in [-0.1, -0.05) is 13.8 Å². The molecule has 0 aliphatic rings. The fourth-order valence-electron chi connectivity index (χ4n) is 2.49. The van der Waals surface area contributed by atoms with Crippen molar-refractivity contribution in [3.63, 3.8) is 0 Å². The highest BCUT2D eigenvalue weighted by atomic mass is 16.4. The van der Waals surface area contributed by atoms with Crippen molar-refractivity contribution in [2.45, 2.75) is 59.9 Å². The maximum absolute atomic E-state index is 12.0. The van der Waals surface area contributed by atoms with E-state index in [1.807, 2.05) is 0 Å². The molecule has 5 nitrogen and oxygen atoms in total. The number of hydrogen-bond donors (Lipinski definition) is 1. The van der Waals surface area contributed by atoms with Gasteiger partial charge in [-0.3, -0.25) is 9.36 Å². The molecule has 0 aromatic carbocycles. The number of rotatable bonds is 6. The number of hydrogen-bond acceptors (Lipinski definition) is 3. The zero-order valence-corrected chi connectivity index (χ0v) is 12.9. The molecule has 0 radical (unpaired) electrons. The number of aliphatic carboxylic acids is 1. The van der Waals surface area contributed by atoms with E-state index in [9.17, 15) is 14.7 Å². The van der Waals surface area contributed by atoms with Gasteiger partial charge in [0.05, 0.1) is 5.92 Å². The first-order chi connectivity index (χ1) is 9.25. The first-order valence-corrected chi connectivity index (χ1v) is 7.06. The fraction of sp³-hybridized carbons (Fsp3) is 0.667. The summed E-state index contributed by atoms with van der Waals surface area (Å²) in [6.07, 6.45) is 1.92. The smallest absolute Gasteiger partial charge is 0.347 e. The second kappa shape index (κ2) is 6.68. The zero-order chi connectivity index (χ0) is 15.4. The van der Waals surface area contributed by atoms with Gasteiger partial charge in [0.2, 0.25) is 0 Å². The van der Waals surface area contributed by atoms with Crippen LogP contribution < -0.4 is 5.69 Å². The summed E-state index contributed by atoms with van der Waals surface area (Å²) >= 11 is 0. The van der Waals surface area contributed by atoms with Crippen molar-refractivity contribution in [2.75, 3.05) is 0 Å². The molecular formula is C15H24N2O3. The largest absolute Gasteiger partial charge is 0.481 e. The minimum Gasteiger partial charge on any atom is -0.481 e. The normalized spacial score (nSPS) is 12.7. The molecule has 0 saturated carbocycles. The van der Waals surface area contributed by atoms with Gasteiger partial charge in [-0.25, -0.2) is 4.79 Å². The Kier molecular flexibility index (Phi) is 5.48. The van der Waals surface area contributed by atoms with Crippen LogP contribution >= 0.6 is 0 Å². The highest BCUT2D eigenvalue weighted by molar-refractivity contribution is 5.76. The quantitative estimate of drug-likeness (QED) is 0.869. The second-order valence-electron chi connectivity index (χ2n) is 5.73. The Morgan fingerprint density at radius 1 is 1.30 bits per heavy atom. The molecule has 1 aromatic heterocycles. The van der Waals surface area contributed by atoms with Crippen molar-refractivity contribution < 1.29 is 9.90 Å². The van der Waals surface area contributed by atoms with Gasteiger partial charge in [-0.15, -0.1) is 0 Å². The lowest BCUT2D eigenvalue weighted by molar-refractivity contribution is -0.138. The predicted molar refractivity (Wildman–Crippen MR) is 78.1 cm³/mol. The molecule has 0 spiro atoms. The molecule has 1 rings (SSSR count). The van der Waals surface area contributed by atoms with Crippen LogP contribution in [0.15, 0.2) is 4.79 Å². The van der Waals surface area contributed by atoms with E-state index in [2.05, 4.69) is 18.8 Å². The number of aromatic nitrogens is 2. The fourth-order valence-corrected chi connectivity index (χ4v) is 2.49. The van der Waals surface area contributed by atoms with Gasteiger partial charge in [0, 0.05) is 23.5 Å². The third-order valence-corrected chi connectivity index (χ3v) is 3.65. The number of carboxylic acid groups (broad SMARTS) is 1. The van der Waals surface area contributed by atoms with Gasteiger partial charge in [0.25, 0.3) is 0 Å². The van der Waals surface area contributed by atoms with Crippen molar-refractivity contribution in [3.05, 3.63) is 27.4 Å². The third kappa shape index (κ3) is 3.68. The molecule has 0 amide bonds. The van der Waals surface area contributed by atoms with Crippen LogP contribution in [-0.4, -0.2) is 20.6 Å². The maximum Gasteiger partial charge on any atom is 0.347 e. The lowest BCUT2D eigenvalue weighted by Crippen LogP contribution is -2.29. The molecule has 20 heavy (non-hydrogen) atoms. The summed E-state index contributed by atoms with van der Waals surface area (Å²) in [6.45, 7) is 10.0. The van der Waals surface area contributed by atoms with Crippen LogP contribution in [-0.2, 0) is 11.3 Å². The van der Waals surface area contributed by atoms with Gasteiger partial charge in [-0.05, 0) is 39.5 Å². The van der Waals surface area contributed by atoms with Gasteiger partial charge in [-0.2, -0.15) is 4.98 Å². The molecule has 1 unspecified atom stereocenters. The summed E-state index contributed by atoms with van der Waals surface area (Å²) in [4.78, 5) is 27.2. The summed E-state index contributed by atoms with van der Waals surface area (Å²) in [7, 11) is 0. The first kappa shape index (κ1) is 16.4. The van der Waals surface area contributed by atoms with Crippen LogP contribution in [0.1, 0.15) is 56.5 Å². The van der Waals surface area contributed by atoms with Crippen LogP contribution in [0.2, 0.25) is 0 Å². The summed E-state index contributed by atoms with van der Waals surface area (Å²) < 4.78 is 1.60. The van der Waals surface area contributed by atoms with E-state index in [0.717, 1.165) is 18.5 Å². The standard InChI is InChI=1S/C15H24N2O3/c1-9(2)7-6-8-17-12(5)13(10(3)14(18)19)11(4)16-15(17)20/h9-10H,6-8H2,1-5H3,(H,18,19). The molecule has 112 valence electrons. The highest BCUT2D eigenvalue weighted by Gasteiger charge is 2.21. The van der Waals surface area contributed by atoms with Crippen molar-refractivity contribution in [3.8, 4) is 0 Å². The molecule has 0 aliphatic heterocycles. The van der Waals surface area contributed by atoms with Crippen LogP contribution in [0.5, 0.6) is 0 Å². The Hall–Kier alpha value is -1.65. The number of nitrogens with zero attached hydrogens (tertiary/aromatic N) is 2. The summed E-state index contributed by atoms with van der Waals surface area (Å²) in [5.74, 6) is -0.966. The Labute approximate surface area is 119 Å². The summed E-state index contributed by atoms with van der Waals surface area (Å²) in [5.41, 5.74) is 1.61. The van der Waals surface area contributed by atoms with Crippen molar-refractivity contribution in [1.29, 1.82) is 0 Å². The highest BCUT2D eigenvalue weighted by Crippen LogP contribution is 2.21. The Morgan fingerprint density at radius 3 is 2.40 bits per heavy atom. The van der Waals surface area contributed by atoms with Crippen LogP contribution in [0.4, 0.5) is 0 Å². The van der Waals surface area contributed by atoms with Crippen LogP contribution in [0.3, 0.4) is 0 Å². The van der Waals surface area contributed by atoms with Crippen molar-refractivity contribution in [2.24, 2.45) is 5.92 Å². The second-order valence-corrected chi connectivity index (χ2v) is 5.73. The van der Waals surface area contributed by atoms with Gasteiger partial charge in [0.15, 0.2) is 0 Å². The molecule has 1 aromatic rings. The average Bonchev–Trinajstić information content (AvgIpc) is 2.32. The topological polar surface area (TPSA) is 72.2 Å². The average molecular weight is 280 g/mol. The third-order valence-electron chi connectivity index (χ3n) is 3.65. The zero-order valence-electron chi connectivity index (χ0n) is 12.9. The van der Waals surface area contributed by atoms with Crippen LogP contribution in [0, 0.1) is 19.8 Å². The van der Waals surface area contributed by atoms with E-state index in [-0.39, 0.29) is 5.69 Å². The van der Waals surface area contributed by atoms with Crippen molar-refractivity contribution >= 4 is 5.97 Å². The molecule has 1 atom stereocenters. The van der Waals surface area contributed by atoms with Crippen LogP contribution in [0.25, 0.3) is 0 Å². The van der Waals surface area contributed by atoms with Gasteiger partial charge < -0.3 is 5.11 Å². The summed E-state index contributed by atoms with van der Waals surface area (Å²) in [6, 6.07) is 0. The first-order valence-electron chi connectivity index (χ1n) is 7.06. The Balaban J connectivity index is 3.16. The van der Waals surface area contributed by atoms with E-state index in [1.165, 1.54) is 0 Å². The number of carbonyl (C=O) groups is 1. The molecule has 0 bridgehead atoms. The molecule has 1 N–H and O–H groups in total. The van der Waals surface area contributed by atoms with E-state index >= 15 is 0 Å². The SMILES string of the molecule is Cc1nc(=O)n(CCCC(C)C)c(C)c1C(C)C(=O)O. The predicted octanol–water partition coefficient (Wildman–Crippen LogP) is 2.48. The van der Waals surface area contributed by atoms with Gasteiger partial charge >= 0.3 is 11.7 Å². The molecule has 0 fully saturated rings. The van der Waals surface area contributed by atoms with E-state index in [0.29, 0.717) is 23.7 Å². The maximum atomic E-state index is 12.0. The number of aryl methyl sites for hydroxylation is 1. The van der Waals surface area contributed by atoms with E-state index in [4.69, 9.17) is 0 Å². The lowest BCUT2D eigenvalue weighted by Gasteiger charge is -2.18. The minimum absolute atomic E-state index is 0.287. The molecule has 1 heterocycles. The lowest BCUT2D eigenvalue weighted by atomic mass is 9.98. The van der Waals surface area contributed by atoms with E-state index < -0.39 is 11.9 Å². The van der Waals surface area contributed by atoms with Crippen molar-refractivity contribution in [1.82, 2.24) is 9.55 Å². The minimum atomic E-state index is -0.898. The molecule has 5 heteroatoms. The van der Waals surface area contributed by atoms with E-state index in [1.54, 1.807) is 25.3 Å².